The molecule has 3 aromatic carbocycles. The number of phenolic OH excluding ortho intramolecular Hbond substituents is 3. The minimum Gasteiger partial charge on any atom is -0.508 e. The van der Waals surface area contributed by atoms with Gasteiger partial charge in [0.1, 0.15) is 76.7 Å². The maximum atomic E-state index is 14.2. The lowest BCUT2D eigenvalue weighted by atomic mass is 9.99. The van der Waals surface area contributed by atoms with Gasteiger partial charge in [-0.05, 0) is 48.0 Å². The number of phenols is 3. The molecule has 2 fully saturated rings. The Bertz CT molecular complexity index is 2030. The van der Waals surface area contributed by atoms with E-state index in [4.69, 9.17) is 28.1 Å². The summed E-state index contributed by atoms with van der Waals surface area (Å²) in [4.78, 5) is 27.1. The van der Waals surface area contributed by atoms with Crippen molar-refractivity contribution >= 4 is 23.0 Å². The first kappa shape index (κ1) is 38.4. The fraction of sp³-hybridized carbons (Fsp3) is 0.333. The first-order valence-corrected chi connectivity index (χ1v) is 16.4. The van der Waals surface area contributed by atoms with E-state index in [1.54, 1.807) is 0 Å². The molecular formula is C36H36O18. The molecule has 2 aliphatic heterocycles. The lowest BCUT2D eigenvalue weighted by molar-refractivity contribution is -0.281. The quantitative estimate of drug-likeness (QED) is 0.0700. The van der Waals surface area contributed by atoms with E-state index in [9.17, 15) is 60.7 Å². The van der Waals surface area contributed by atoms with Crippen LogP contribution in [0.25, 0.3) is 28.4 Å². The molecular weight excluding hydrogens is 720 g/mol. The molecule has 18 nitrogen and oxygen atoms in total. The first-order chi connectivity index (χ1) is 25.8. The van der Waals surface area contributed by atoms with Crippen LogP contribution < -0.4 is 14.9 Å². The molecule has 2 saturated heterocycles. The van der Waals surface area contributed by atoms with Crippen LogP contribution in [0, 0.1) is 0 Å². The molecule has 10 atom stereocenters. The molecule has 0 aliphatic carbocycles. The topological polar surface area (TPSA) is 296 Å². The molecule has 0 bridgehead atoms. The zero-order chi connectivity index (χ0) is 38.8. The average Bonchev–Trinajstić information content (AvgIpc) is 3.15. The van der Waals surface area contributed by atoms with Crippen LogP contribution in [-0.4, -0.2) is 132 Å². The van der Waals surface area contributed by atoms with E-state index in [1.807, 2.05) is 0 Å². The van der Waals surface area contributed by atoms with Gasteiger partial charge in [-0.3, -0.25) is 4.79 Å². The smallest absolute Gasteiger partial charge is 0.331 e. The molecule has 0 amide bonds. The summed E-state index contributed by atoms with van der Waals surface area (Å²) in [6.07, 6.45) is -14.8. The number of ether oxygens (including phenoxy) is 5. The van der Waals surface area contributed by atoms with E-state index in [0.29, 0.717) is 5.56 Å². The molecule has 10 N–H and O–H groups in total. The lowest BCUT2D eigenvalue weighted by Crippen LogP contribution is -2.61. The molecule has 3 heterocycles. The number of aliphatic hydroxyl groups is 7. The van der Waals surface area contributed by atoms with E-state index in [-0.39, 0.29) is 34.2 Å². The van der Waals surface area contributed by atoms with Gasteiger partial charge >= 0.3 is 5.97 Å². The highest BCUT2D eigenvalue weighted by Gasteiger charge is 2.49. The van der Waals surface area contributed by atoms with Crippen LogP contribution in [0.15, 0.2) is 76.0 Å². The summed E-state index contributed by atoms with van der Waals surface area (Å²) in [7, 11) is 0. The maximum absolute atomic E-state index is 14.2. The van der Waals surface area contributed by atoms with Gasteiger partial charge in [0.2, 0.25) is 23.8 Å². The van der Waals surface area contributed by atoms with Crippen LogP contribution in [0.1, 0.15) is 5.56 Å². The molecule has 0 spiro atoms. The summed E-state index contributed by atoms with van der Waals surface area (Å²) >= 11 is 0. The van der Waals surface area contributed by atoms with E-state index in [0.717, 1.165) is 18.2 Å². The molecule has 1 aromatic heterocycles. The maximum Gasteiger partial charge on any atom is 0.331 e. The van der Waals surface area contributed by atoms with E-state index in [2.05, 4.69) is 0 Å². The molecule has 0 radical (unpaired) electrons. The predicted octanol–water partition coefficient (Wildman–Crippen LogP) is -0.802. The molecule has 18 heteroatoms. The minimum atomic E-state index is -1.92. The van der Waals surface area contributed by atoms with Gasteiger partial charge in [-0.1, -0.05) is 12.1 Å². The summed E-state index contributed by atoms with van der Waals surface area (Å²) < 4.78 is 34.0. The van der Waals surface area contributed by atoms with Crippen molar-refractivity contribution in [1.82, 2.24) is 0 Å². The van der Waals surface area contributed by atoms with Gasteiger partial charge in [0.05, 0.1) is 13.2 Å². The van der Waals surface area contributed by atoms with Gasteiger partial charge in [0.15, 0.2) is 11.9 Å². The van der Waals surface area contributed by atoms with Gasteiger partial charge in [-0.2, -0.15) is 0 Å². The van der Waals surface area contributed by atoms with Crippen LogP contribution in [-0.2, 0) is 19.0 Å². The number of rotatable bonds is 10. The van der Waals surface area contributed by atoms with Crippen molar-refractivity contribution in [1.29, 1.82) is 0 Å². The minimum absolute atomic E-state index is 0.00960. The van der Waals surface area contributed by atoms with Crippen LogP contribution in [0.2, 0.25) is 0 Å². The Morgan fingerprint density at radius 2 is 1.31 bits per heavy atom. The summed E-state index contributed by atoms with van der Waals surface area (Å²) in [5.41, 5.74) is -0.766. The number of carbonyl (C=O) groups excluding carboxylic acids is 1. The number of benzene rings is 3. The van der Waals surface area contributed by atoms with Gasteiger partial charge in [0, 0.05) is 23.8 Å². The molecule has 288 valence electrons. The second-order valence-electron chi connectivity index (χ2n) is 12.4. The van der Waals surface area contributed by atoms with Gasteiger partial charge in [0.25, 0.3) is 0 Å². The molecule has 2 aliphatic rings. The van der Waals surface area contributed by atoms with Crippen LogP contribution in [0.5, 0.6) is 28.7 Å². The van der Waals surface area contributed by atoms with Crippen molar-refractivity contribution in [2.45, 2.75) is 61.4 Å². The number of hydrogen-bond donors (Lipinski definition) is 10. The second kappa shape index (κ2) is 16.0. The Morgan fingerprint density at radius 1 is 0.722 bits per heavy atom. The SMILES string of the molecule is O=C(/C=C/c1ccc(O)cc1)O[C@H]1[C@H](Oc2c(-c3ccc(O)cc3)oc3cc(O[C@@H]4O[C@H](CO)[C@@H](O)[C@H](O)[C@H]4O)cc(O)c3c2=O)O[C@H](CO)[C@@H](O)[C@@H]1O. The molecule has 0 unspecified atom stereocenters. The summed E-state index contributed by atoms with van der Waals surface area (Å²) in [5.74, 6) is -3.25. The Kier molecular flexibility index (Phi) is 11.4. The summed E-state index contributed by atoms with van der Waals surface area (Å²) in [6, 6.07) is 13.0. The standard InChI is InChI=1S/C36H36O18/c37-13-22-26(43)29(46)31(48)35(51-22)49-19-11-20(41)25-21(12-19)50-32(16-4-8-18(40)9-5-16)33(28(25)45)54-36-34(30(47)27(44)23(14-38)52-36)53-24(42)10-3-15-1-6-17(39)7-2-15/h1-12,22-23,26-27,29-31,34-41,43-44,46-48H,13-14H2/b10-3+/t22-,23-,26-,27-,29+,30+,31-,34-,35-,36+/m1/s1. The largest absolute Gasteiger partial charge is 0.508 e. The highest BCUT2D eigenvalue weighted by Crippen LogP contribution is 2.39. The van der Waals surface area contributed by atoms with Gasteiger partial charge in [-0.15, -0.1) is 0 Å². The van der Waals surface area contributed by atoms with Crippen LogP contribution in [0.3, 0.4) is 0 Å². The third kappa shape index (κ3) is 7.82. The Labute approximate surface area is 304 Å². The van der Waals surface area contributed by atoms with Crippen molar-refractivity contribution < 1.29 is 84.0 Å². The number of aromatic hydroxyl groups is 3. The van der Waals surface area contributed by atoms with Gasteiger partial charge < -0.3 is 79.2 Å². The summed E-state index contributed by atoms with van der Waals surface area (Å²) in [6.45, 7) is -1.58. The zero-order valence-electron chi connectivity index (χ0n) is 27.9. The number of carbonyl (C=O) groups is 1. The Hall–Kier alpha value is -5.28. The predicted molar refractivity (Wildman–Crippen MR) is 181 cm³/mol. The average molecular weight is 757 g/mol. The molecule has 6 rings (SSSR count). The van der Waals surface area contributed by atoms with E-state index in [1.165, 1.54) is 54.6 Å². The van der Waals surface area contributed by atoms with E-state index < -0.39 is 103 Å². The lowest BCUT2D eigenvalue weighted by Gasteiger charge is -2.41. The third-order valence-electron chi connectivity index (χ3n) is 8.75. The molecule has 4 aromatic rings. The summed E-state index contributed by atoms with van der Waals surface area (Å²) in [5, 5.41) is 102. The van der Waals surface area contributed by atoms with Crippen molar-refractivity contribution in [3.63, 3.8) is 0 Å². The Balaban J connectivity index is 1.38. The monoisotopic (exact) mass is 756 g/mol. The number of aliphatic hydroxyl groups excluding tert-OH is 7. The van der Waals surface area contributed by atoms with Crippen molar-refractivity contribution in [2.75, 3.05) is 13.2 Å². The highest BCUT2D eigenvalue weighted by atomic mass is 16.7. The van der Waals surface area contributed by atoms with Crippen molar-refractivity contribution in [2.24, 2.45) is 0 Å². The molecule has 54 heavy (non-hydrogen) atoms. The van der Waals surface area contributed by atoms with Crippen LogP contribution in [0.4, 0.5) is 0 Å². The van der Waals surface area contributed by atoms with Crippen molar-refractivity contribution in [3.05, 3.63) is 82.5 Å². The fourth-order valence-electron chi connectivity index (χ4n) is 5.85. The zero-order valence-corrected chi connectivity index (χ0v) is 27.9. The molecule has 0 saturated carbocycles. The number of hydrogen-bond acceptors (Lipinski definition) is 18. The second-order valence-corrected chi connectivity index (χ2v) is 12.4. The van der Waals surface area contributed by atoms with Crippen LogP contribution >= 0.6 is 0 Å². The van der Waals surface area contributed by atoms with E-state index >= 15 is 0 Å². The Morgan fingerprint density at radius 3 is 1.94 bits per heavy atom. The van der Waals surface area contributed by atoms with Crippen molar-refractivity contribution in [3.8, 4) is 40.1 Å². The fourth-order valence-corrected chi connectivity index (χ4v) is 5.85. The number of esters is 1. The highest BCUT2D eigenvalue weighted by molar-refractivity contribution is 5.89. The number of fused-ring (bicyclic) bond motifs is 1. The third-order valence-corrected chi connectivity index (χ3v) is 8.75. The van der Waals surface area contributed by atoms with Gasteiger partial charge in [-0.25, -0.2) is 4.79 Å². The normalized spacial score (nSPS) is 28.6. The first-order valence-electron chi connectivity index (χ1n) is 16.4.